The van der Waals surface area contributed by atoms with E-state index in [1.54, 1.807) is 0 Å². The lowest BCUT2D eigenvalue weighted by molar-refractivity contribution is 0.528. The summed E-state index contributed by atoms with van der Waals surface area (Å²) in [5.74, 6) is 0.851. The molecule has 100 valence electrons. The van der Waals surface area contributed by atoms with Gasteiger partial charge in [0, 0.05) is 10.2 Å². The smallest absolute Gasteiger partial charge is 0.0649 e. The standard InChI is InChI=1S/C16H19BrN2/c1-12-11-18-19(15-8-6-14(17)7-9-15)16(12)10-13-4-2-3-5-13/h6-9,11,13H,2-5,10H2,1H3. The first kappa shape index (κ1) is 12.9. The molecule has 2 nitrogen and oxygen atoms in total. The molecule has 0 aliphatic heterocycles. The number of aryl methyl sites for hydroxylation is 1. The first-order chi connectivity index (χ1) is 9.24. The minimum absolute atomic E-state index is 0.851. The molecule has 1 aromatic carbocycles. The summed E-state index contributed by atoms with van der Waals surface area (Å²) in [6, 6.07) is 8.39. The fourth-order valence-corrected chi connectivity index (χ4v) is 3.26. The summed E-state index contributed by atoms with van der Waals surface area (Å²) in [5, 5.41) is 4.56. The van der Waals surface area contributed by atoms with E-state index in [4.69, 9.17) is 0 Å². The molecule has 0 unspecified atom stereocenters. The monoisotopic (exact) mass is 318 g/mol. The predicted octanol–water partition coefficient (Wildman–Crippen LogP) is 4.68. The van der Waals surface area contributed by atoms with E-state index in [0.29, 0.717) is 0 Å². The highest BCUT2D eigenvalue weighted by molar-refractivity contribution is 9.10. The van der Waals surface area contributed by atoms with Crippen LogP contribution in [0.4, 0.5) is 0 Å². The van der Waals surface area contributed by atoms with E-state index >= 15 is 0 Å². The summed E-state index contributed by atoms with van der Waals surface area (Å²) in [6.45, 7) is 2.17. The summed E-state index contributed by atoms with van der Waals surface area (Å²) >= 11 is 3.48. The molecular formula is C16H19BrN2. The van der Waals surface area contributed by atoms with Crippen LogP contribution in [0.1, 0.15) is 36.9 Å². The molecule has 1 aliphatic carbocycles. The van der Waals surface area contributed by atoms with E-state index in [2.05, 4.69) is 56.9 Å². The first-order valence-electron chi connectivity index (χ1n) is 7.03. The Morgan fingerprint density at radius 1 is 1.21 bits per heavy atom. The normalized spacial score (nSPS) is 16.1. The maximum Gasteiger partial charge on any atom is 0.0649 e. The van der Waals surface area contributed by atoms with Crippen LogP contribution in [0.5, 0.6) is 0 Å². The molecule has 0 spiro atoms. The van der Waals surface area contributed by atoms with Gasteiger partial charge in [0.05, 0.1) is 11.9 Å². The summed E-state index contributed by atoms with van der Waals surface area (Å²) < 4.78 is 3.22. The quantitative estimate of drug-likeness (QED) is 0.803. The van der Waals surface area contributed by atoms with Crippen molar-refractivity contribution >= 4 is 15.9 Å². The molecule has 1 fully saturated rings. The molecule has 1 aromatic heterocycles. The van der Waals surface area contributed by atoms with E-state index in [1.165, 1.54) is 43.4 Å². The Hall–Kier alpha value is -1.09. The van der Waals surface area contributed by atoms with Gasteiger partial charge in [-0.1, -0.05) is 41.6 Å². The minimum atomic E-state index is 0.851. The fourth-order valence-electron chi connectivity index (χ4n) is 3.00. The largest absolute Gasteiger partial charge is 0.238 e. The van der Waals surface area contributed by atoms with Crippen molar-refractivity contribution in [3.05, 3.63) is 46.2 Å². The van der Waals surface area contributed by atoms with Gasteiger partial charge in [-0.15, -0.1) is 0 Å². The Bertz CT molecular complexity index is 551. The molecule has 0 bridgehead atoms. The van der Waals surface area contributed by atoms with Crippen LogP contribution in [-0.4, -0.2) is 9.78 Å². The predicted molar refractivity (Wildman–Crippen MR) is 81.7 cm³/mol. The van der Waals surface area contributed by atoms with E-state index in [9.17, 15) is 0 Å². The highest BCUT2D eigenvalue weighted by atomic mass is 79.9. The van der Waals surface area contributed by atoms with Crippen molar-refractivity contribution in [2.24, 2.45) is 5.92 Å². The second-order valence-electron chi connectivity index (χ2n) is 5.52. The second kappa shape index (κ2) is 5.49. The third-order valence-corrected chi connectivity index (χ3v) is 4.63. The average molecular weight is 319 g/mol. The van der Waals surface area contributed by atoms with Gasteiger partial charge < -0.3 is 0 Å². The van der Waals surface area contributed by atoms with Gasteiger partial charge in [0.1, 0.15) is 0 Å². The van der Waals surface area contributed by atoms with Gasteiger partial charge in [-0.3, -0.25) is 0 Å². The van der Waals surface area contributed by atoms with Crippen molar-refractivity contribution < 1.29 is 0 Å². The average Bonchev–Trinajstić information content (AvgIpc) is 3.03. The lowest BCUT2D eigenvalue weighted by Gasteiger charge is -2.13. The molecule has 0 radical (unpaired) electrons. The molecule has 1 saturated carbocycles. The number of hydrogen-bond donors (Lipinski definition) is 0. The molecule has 3 heteroatoms. The van der Waals surface area contributed by atoms with E-state index < -0.39 is 0 Å². The van der Waals surface area contributed by atoms with Crippen LogP contribution in [0.15, 0.2) is 34.9 Å². The lowest BCUT2D eigenvalue weighted by atomic mass is 10.00. The molecule has 0 N–H and O–H groups in total. The topological polar surface area (TPSA) is 17.8 Å². The van der Waals surface area contributed by atoms with E-state index in [1.807, 2.05) is 6.20 Å². The zero-order chi connectivity index (χ0) is 13.2. The van der Waals surface area contributed by atoms with Gasteiger partial charge in [-0.05, 0) is 49.1 Å². The SMILES string of the molecule is Cc1cnn(-c2ccc(Br)cc2)c1CC1CCCC1. The molecule has 1 heterocycles. The van der Waals surface area contributed by atoms with Crippen LogP contribution in [-0.2, 0) is 6.42 Å². The Morgan fingerprint density at radius 3 is 2.58 bits per heavy atom. The first-order valence-corrected chi connectivity index (χ1v) is 7.83. The van der Waals surface area contributed by atoms with Crippen molar-refractivity contribution in [3.8, 4) is 5.69 Å². The van der Waals surface area contributed by atoms with Crippen LogP contribution in [0.25, 0.3) is 5.69 Å². The summed E-state index contributed by atoms with van der Waals surface area (Å²) in [6.07, 6.45) is 8.72. The molecule has 3 rings (SSSR count). The zero-order valence-electron chi connectivity index (χ0n) is 11.3. The van der Waals surface area contributed by atoms with Gasteiger partial charge >= 0.3 is 0 Å². The van der Waals surface area contributed by atoms with E-state index in [0.717, 1.165) is 16.1 Å². The lowest BCUT2D eigenvalue weighted by Crippen LogP contribution is -2.08. The fraction of sp³-hybridized carbons (Fsp3) is 0.438. The third kappa shape index (κ3) is 2.76. The van der Waals surface area contributed by atoms with Crippen molar-refractivity contribution in [2.75, 3.05) is 0 Å². The molecule has 0 amide bonds. The van der Waals surface area contributed by atoms with Crippen LogP contribution in [0.3, 0.4) is 0 Å². The zero-order valence-corrected chi connectivity index (χ0v) is 12.9. The molecule has 1 aliphatic rings. The number of nitrogens with zero attached hydrogens (tertiary/aromatic N) is 2. The van der Waals surface area contributed by atoms with Crippen LogP contribution < -0.4 is 0 Å². The number of hydrogen-bond acceptors (Lipinski definition) is 1. The summed E-state index contributed by atoms with van der Waals surface area (Å²) in [4.78, 5) is 0. The molecular weight excluding hydrogens is 300 g/mol. The van der Waals surface area contributed by atoms with Gasteiger partial charge in [0.25, 0.3) is 0 Å². The number of aromatic nitrogens is 2. The molecule has 0 atom stereocenters. The van der Waals surface area contributed by atoms with E-state index in [-0.39, 0.29) is 0 Å². The Labute approximate surface area is 123 Å². The van der Waals surface area contributed by atoms with Crippen molar-refractivity contribution in [1.29, 1.82) is 0 Å². The Kier molecular flexibility index (Phi) is 3.74. The molecule has 2 aromatic rings. The number of rotatable bonds is 3. The van der Waals surface area contributed by atoms with Gasteiger partial charge in [0.2, 0.25) is 0 Å². The Morgan fingerprint density at radius 2 is 1.89 bits per heavy atom. The van der Waals surface area contributed by atoms with Gasteiger partial charge in [0.15, 0.2) is 0 Å². The maximum atomic E-state index is 4.56. The Balaban J connectivity index is 1.91. The van der Waals surface area contributed by atoms with Gasteiger partial charge in [-0.2, -0.15) is 5.10 Å². The van der Waals surface area contributed by atoms with Crippen molar-refractivity contribution in [1.82, 2.24) is 9.78 Å². The highest BCUT2D eigenvalue weighted by Crippen LogP contribution is 2.29. The van der Waals surface area contributed by atoms with Crippen molar-refractivity contribution in [3.63, 3.8) is 0 Å². The maximum absolute atomic E-state index is 4.56. The van der Waals surface area contributed by atoms with Crippen molar-refractivity contribution in [2.45, 2.75) is 39.0 Å². The van der Waals surface area contributed by atoms with Crippen LogP contribution >= 0.6 is 15.9 Å². The second-order valence-corrected chi connectivity index (χ2v) is 6.43. The molecule has 19 heavy (non-hydrogen) atoms. The number of benzene rings is 1. The highest BCUT2D eigenvalue weighted by Gasteiger charge is 2.19. The van der Waals surface area contributed by atoms with Crippen LogP contribution in [0.2, 0.25) is 0 Å². The van der Waals surface area contributed by atoms with Crippen LogP contribution in [0, 0.1) is 12.8 Å². The molecule has 0 saturated heterocycles. The summed E-state index contributed by atoms with van der Waals surface area (Å²) in [7, 11) is 0. The third-order valence-electron chi connectivity index (χ3n) is 4.11. The summed E-state index contributed by atoms with van der Waals surface area (Å²) in [5.41, 5.74) is 3.85. The van der Waals surface area contributed by atoms with Gasteiger partial charge in [-0.25, -0.2) is 4.68 Å². The number of halogens is 1. The minimum Gasteiger partial charge on any atom is -0.238 e.